The van der Waals surface area contributed by atoms with Gasteiger partial charge in [0.2, 0.25) is 4.80 Å². The van der Waals surface area contributed by atoms with Crippen LogP contribution in [0.15, 0.2) is 53.5 Å². The van der Waals surface area contributed by atoms with Crippen LogP contribution in [0.5, 0.6) is 5.75 Å². The largest absolute Gasteiger partial charge is 0.497 e. The van der Waals surface area contributed by atoms with Crippen LogP contribution in [0.2, 0.25) is 5.02 Å². The maximum atomic E-state index is 5.92. The highest BCUT2D eigenvalue weighted by molar-refractivity contribution is 7.12. The van der Waals surface area contributed by atoms with Gasteiger partial charge >= 0.3 is 0 Å². The molecule has 6 heteroatoms. The standard InChI is InChI=1S/C16H14ClN3OS/c1-20-16(18-13-7-9-14(21-2)10-8-13)22-15(19-20)11-3-5-12(17)6-4-11/h3-10H,1-2H3. The molecule has 0 aliphatic heterocycles. The predicted molar refractivity (Wildman–Crippen MR) is 89.7 cm³/mol. The van der Waals surface area contributed by atoms with Crippen molar-refractivity contribution < 1.29 is 4.74 Å². The Hall–Kier alpha value is -2.11. The lowest BCUT2D eigenvalue weighted by Crippen LogP contribution is -2.10. The summed E-state index contributed by atoms with van der Waals surface area (Å²) in [5.41, 5.74) is 1.89. The van der Waals surface area contributed by atoms with Crippen LogP contribution < -0.4 is 9.54 Å². The third kappa shape index (κ3) is 3.21. The molecule has 0 saturated heterocycles. The Morgan fingerprint density at radius 1 is 1.09 bits per heavy atom. The van der Waals surface area contributed by atoms with Crippen molar-refractivity contribution in [1.82, 2.24) is 9.78 Å². The fraction of sp³-hybridized carbons (Fsp3) is 0.125. The van der Waals surface area contributed by atoms with Crippen LogP contribution in [0.3, 0.4) is 0 Å². The lowest BCUT2D eigenvalue weighted by molar-refractivity contribution is 0.415. The number of aryl methyl sites for hydroxylation is 1. The SMILES string of the molecule is COc1ccc(N=c2sc(-c3ccc(Cl)cc3)nn2C)cc1. The highest BCUT2D eigenvalue weighted by Crippen LogP contribution is 2.22. The third-order valence-corrected chi connectivity index (χ3v) is 4.39. The number of hydrogen-bond acceptors (Lipinski definition) is 4. The predicted octanol–water partition coefficient (Wildman–Crippen LogP) is 4.04. The quantitative estimate of drug-likeness (QED) is 0.726. The first-order chi connectivity index (χ1) is 10.7. The molecule has 0 fully saturated rings. The Morgan fingerprint density at radius 2 is 1.77 bits per heavy atom. The number of halogens is 1. The lowest BCUT2D eigenvalue weighted by Gasteiger charge is -1.98. The molecule has 0 aliphatic rings. The topological polar surface area (TPSA) is 39.4 Å². The second-order valence-corrected chi connectivity index (χ2v) is 6.02. The molecule has 2 aromatic carbocycles. The monoisotopic (exact) mass is 331 g/mol. The van der Waals surface area contributed by atoms with E-state index in [-0.39, 0.29) is 0 Å². The van der Waals surface area contributed by atoms with Crippen molar-refractivity contribution in [3.8, 4) is 16.3 Å². The summed E-state index contributed by atoms with van der Waals surface area (Å²) < 4.78 is 6.92. The fourth-order valence-electron chi connectivity index (χ4n) is 1.92. The van der Waals surface area contributed by atoms with Crippen LogP contribution in [-0.2, 0) is 7.05 Å². The summed E-state index contributed by atoms with van der Waals surface area (Å²) in [6, 6.07) is 15.2. The molecule has 3 rings (SSSR count). The summed E-state index contributed by atoms with van der Waals surface area (Å²) in [6.45, 7) is 0. The molecule has 3 aromatic rings. The number of methoxy groups -OCH3 is 1. The Morgan fingerprint density at radius 3 is 2.41 bits per heavy atom. The third-order valence-electron chi connectivity index (χ3n) is 3.09. The molecule has 0 atom stereocenters. The van der Waals surface area contributed by atoms with Crippen molar-refractivity contribution in [3.05, 3.63) is 58.4 Å². The smallest absolute Gasteiger partial charge is 0.208 e. The van der Waals surface area contributed by atoms with Gasteiger partial charge in [0.05, 0.1) is 12.8 Å². The van der Waals surface area contributed by atoms with Crippen LogP contribution in [0, 0.1) is 0 Å². The molecule has 0 radical (unpaired) electrons. The fourth-order valence-corrected chi connectivity index (χ4v) is 2.96. The Kier molecular flexibility index (Phi) is 4.27. The van der Waals surface area contributed by atoms with Crippen molar-refractivity contribution in [2.75, 3.05) is 7.11 Å². The molecule has 1 aromatic heterocycles. The van der Waals surface area contributed by atoms with E-state index in [0.717, 1.165) is 26.8 Å². The van der Waals surface area contributed by atoms with Gasteiger partial charge < -0.3 is 4.74 Å². The zero-order valence-corrected chi connectivity index (χ0v) is 13.7. The molecule has 0 N–H and O–H groups in total. The van der Waals surface area contributed by atoms with Crippen molar-refractivity contribution in [2.45, 2.75) is 0 Å². The van der Waals surface area contributed by atoms with Crippen molar-refractivity contribution in [3.63, 3.8) is 0 Å². The van der Waals surface area contributed by atoms with E-state index in [4.69, 9.17) is 16.3 Å². The summed E-state index contributed by atoms with van der Waals surface area (Å²) in [6.07, 6.45) is 0. The van der Waals surface area contributed by atoms with Gasteiger partial charge in [-0.3, -0.25) is 0 Å². The minimum absolute atomic E-state index is 0.716. The first kappa shape index (κ1) is 14.8. The van der Waals surface area contributed by atoms with Crippen molar-refractivity contribution in [2.24, 2.45) is 12.0 Å². The van der Waals surface area contributed by atoms with E-state index in [9.17, 15) is 0 Å². The summed E-state index contributed by atoms with van der Waals surface area (Å²) in [7, 11) is 3.53. The maximum Gasteiger partial charge on any atom is 0.208 e. The molecule has 0 bridgehead atoms. The number of hydrogen-bond donors (Lipinski definition) is 0. The second-order valence-electron chi connectivity index (χ2n) is 4.63. The number of rotatable bonds is 3. The van der Waals surface area contributed by atoms with Gasteiger partial charge in [-0.15, -0.1) is 0 Å². The maximum absolute atomic E-state index is 5.92. The number of benzene rings is 2. The number of nitrogens with zero attached hydrogens (tertiary/aromatic N) is 3. The van der Waals surface area contributed by atoms with E-state index in [1.165, 1.54) is 11.3 Å². The van der Waals surface area contributed by atoms with E-state index >= 15 is 0 Å². The van der Waals surface area contributed by atoms with Crippen molar-refractivity contribution in [1.29, 1.82) is 0 Å². The van der Waals surface area contributed by atoms with Gasteiger partial charge in [0.25, 0.3) is 0 Å². The first-order valence-corrected chi connectivity index (χ1v) is 7.84. The molecule has 4 nitrogen and oxygen atoms in total. The van der Waals surface area contributed by atoms with Crippen LogP contribution in [0.4, 0.5) is 5.69 Å². The van der Waals surface area contributed by atoms with Gasteiger partial charge in [-0.1, -0.05) is 35.1 Å². The van der Waals surface area contributed by atoms with E-state index in [1.54, 1.807) is 11.8 Å². The van der Waals surface area contributed by atoms with Crippen LogP contribution >= 0.6 is 22.9 Å². The van der Waals surface area contributed by atoms with Crippen LogP contribution in [-0.4, -0.2) is 16.9 Å². The molecule has 112 valence electrons. The Bertz CT molecular complexity index is 835. The average molecular weight is 332 g/mol. The average Bonchev–Trinajstić information content (AvgIpc) is 2.90. The van der Waals surface area contributed by atoms with E-state index < -0.39 is 0 Å². The van der Waals surface area contributed by atoms with Gasteiger partial charge in [-0.05, 0) is 36.4 Å². The van der Waals surface area contributed by atoms with Gasteiger partial charge in [0, 0.05) is 17.6 Å². The van der Waals surface area contributed by atoms with Crippen molar-refractivity contribution >= 4 is 28.6 Å². The highest BCUT2D eigenvalue weighted by atomic mass is 35.5. The normalized spacial score (nSPS) is 11.7. The van der Waals surface area contributed by atoms with Gasteiger partial charge in [-0.2, -0.15) is 5.10 Å². The summed E-state index contributed by atoms with van der Waals surface area (Å²) in [4.78, 5) is 5.45. The molecule has 0 spiro atoms. The molecule has 0 unspecified atom stereocenters. The van der Waals surface area contributed by atoms with Crippen LogP contribution in [0.1, 0.15) is 0 Å². The van der Waals surface area contributed by atoms with Crippen LogP contribution in [0.25, 0.3) is 10.6 Å². The minimum atomic E-state index is 0.716. The summed E-state index contributed by atoms with van der Waals surface area (Å²) >= 11 is 7.45. The molecular weight excluding hydrogens is 318 g/mol. The molecule has 1 heterocycles. The summed E-state index contributed by atoms with van der Waals surface area (Å²) in [5.74, 6) is 0.814. The molecule has 0 aliphatic carbocycles. The molecule has 0 amide bonds. The summed E-state index contributed by atoms with van der Waals surface area (Å²) in [5, 5.41) is 6.14. The lowest BCUT2D eigenvalue weighted by atomic mass is 10.2. The zero-order valence-electron chi connectivity index (χ0n) is 12.2. The van der Waals surface area contributed by atoms with Gasteiger partial charge in [0.15, 0.2) is 0 Å². The zero-order chi connectivity index (χ0) is 15.5. The van der Waals surface area contributed by atoms with Gasteiger partial charge in [0.1, 0.15) is 10.8 Å². The molecule has 22 heavy (non-hydrogen) atoms. The van der Waals surface area contributed by atoms with E-state index in [2.05, 4.69) is 10.1 Å². The minimum Gasteiger partial charge on any atom is -0.497 e. The molecular formula is C16H14ClN3OS. The van der Waals surface area contributed by atoms with E-state index in [1.807, 2.05) is 55.6 Å². The number of ether oxygens (including phenoxy) is 1. The highest BCUT2D eigenvalue weighted by Gasteiger charge is 2.05. The van der Waals surface area contributed by atoms with Gasteiger partial charge in [-0.25, -0.2) is 9.67 Å². The molecule has 0 saturated carbocycles. The van der Waals surface area contributed by atoms with E-state index in [0.29, 0.717) is 5.02 Å². The first-order valence-electron chi connectivity index (χ1n) is 6.64. The Balaban J connectivity index is 1.97. The number of aromatic nitrogens is 2. The second kappa shape index (κ2) is 6.34. The Labute approximate surface area is 137 Å².